The molecule has 13 heteroatoms. The van der Waals surface area contributed by atoms with Crippen LogP contribution in [0.25, 0.3) is 10.8 Å². The van der Waals surface area contributed by atoms with Crippen molar-refractivity contribution in [1.29, 1.82) is 0 Å². The van der Waals surface area contributed by atoms with Gasteiger partial charge >= 0.3 is 5.97 Å². The minimum Gasteiger partial charge on any atom is -0.507 e. The van der Waals surface area contributed by atoms with Gasteiger partial charge in [-0.05, 0) is 47.9 Å². The second kappa shape index (κ2) is 10.0. The maximum Gasteiger partial charge on any atom is 0.339 e. The largest absolute Gasteiger partial charge is 0.507 e. The van der Waals surface area contributed by atoms with E-state index >= 15 is 0 Å². The maximum absolute atomic E-state index is 14.2. The first kappa shape index (κ1) is 29.8. The number of carbonyl (C=O) groups is 5. The number of amides is 4. The van der Waals surface area contributed by atoms with Crippen molar-refractivity contribution in [3.05, 3.63) is 77.4 Å². The van der Waals surface area contributed by atoms with Crippen LogP contribution in [-0.2, 0) is 19.2 Å². The summed E-state index contributed by atoms with van der Waals surface area (Å²) in [7, 11) is 0. The van der Waals surface area contributed by atoms with Crippen molar-refractivity contribution < 1.29 is 39.3 Å². The fourth-order valence-corrected chi connectivity index (χ4v) is 9.17. The van der Waals surface area contributed by atoms with Crippen LogP contribution in [0.1, 0.15) is 34.7 Å². The van der Waals surface area contributed by atoms with Gasteiger partial charge in [0.1, 0.15) is 17.1 Å². The normalized spacial score (nSPS) is 30.8. The van der Waals surface area contributed by atoms with Crippen LogP contribution >= 0.6 is 39.1 Å². The Morgan fingerprint density at radius 2 is 1.62 bits per heavy atom. The molecule has 2 aliphatic carbocycles. The number of alkyl halides is 3. The number of aromatic hydroxyl groups is 2. The molecular formula is C32H23BrCl2N2O8. The lowest BCUT2D eigenvalue weighted by Gasteiger charge is -2.51. The third-order valence-corrected chi connectivity index (χ3v) is 11.6. The van der Waals surface area contributed by atoms with Crippen LogP contribution in [0.3, 0.4) is 0 Å². The minimum atomic E-state index is -2.00. The zero-order valence-corrected chi connectivity index (χ0v) is 26.2. The number of anilines is 1. The van der Waals surface area contributed by atoms with E-state index in [1.165, 1.54) is 12.1 Å². The summed E-state index contributed by atoms with van der Waals surface area (Å²) in [5.41, 5.74) is 0.568. The first-order chi connectivity index (χ1) is 21.4. The Bertz CT molecular complexity index is 1930. The number of halogens is 3. The van der Waals surface area contributed by atoms with Crippen LogP contribution < -0.4 is 4.90 Å². The summed E-state index contributed by atoms with van der Waals surface area (Å²) in [6.45, 7) is 0. The molecule has 230 valence electrons. The van der Waals surface area contributed by atoms with Gasteiger partial charge < -0.3 is 15.3 Å². The van der Waals surface area contributed by atoms with Crippen molar-refractivity contribution in [1.82, 2.24) is 4.90 Å². The van der Waals surface area contributed by atoms with Crippen molar-refractivity contribution in [2.45, 2.75) is 28.5 Å². The third kappa shape index (κ3) is 3.77. The zero-order chi connectivity index (χ0) is 32.2. The summed E-state index contributed by atoms with van der Waals surface area (Å²) < 4.78 is 0. The average Bonchev–Trinajstić information content (AvgIpc) is 3.35. The number of rotatable bonds is 4. The monoisotopic (exact) mass is 712 g/mol. The summed E-state index contributed by atoms with van der Waals surface area (Å²) in [6, 6.07) is 13.5. The molecule has 2 heterocycles. The molecule has 2 saturated heterocycles. The van der Waals surface area contributed by atoms with Crippen LogP contribution in [0.5, 0.6) is 11.5 Å². The molecule has 10 nitrogen and oxygen atoms in total. The predicted octanol–water partition coefficient (Wildman–Crippen LogP) is 4.87. The van der Waals surface area contributed by atoms with Crippen molar-refractivity contribution in [3.8, 4) is 11.5 Å². The van der Waals surface area contributed by atoms with Gasteiger partial charge in [0.05, 0.1) is 23.0 Å². The molecule has 3 N–H and O–H groups in total. The fourth-order valence-electron chi connectivity index (χ4n) is 7.75. The van der Waals surface area contributed by atoms with E-state index in [0.29, 0.717) is 21.9 Å². The molecule has 0 spiro atoms. The number of carbonyl (C=O) groups excluding carboxylic acids is 4. The molecule has 45 heavy (non-hydrogen) atoms. The highest BCUT2D eigenvalue weighted by Gasteiger charge is 2.76. The molecule has 3 aromatic carbocycles. The van der Waals surface area contributed by atoms with Crippen LogP contribution in [0.4, 0.5) is 5.69 Å². The molecule has 6 atom stereocenters. The molecule has 1 saturated carbocycles. The van der Waals surface area contributed by atoms with E-state index in [1.807, 2.05) is 0 Å². The summed E-state index contributed by atoms with van der Waals surface area (Å²) in [5, 5.41) is 31.3. The number of phenols is 2. The molecule has 2 aliphatic heterocycles. The highest BCUT2D eigenvalue weighted by molar-refractivity contribution is 9.09. The Labute approximate surface area is 273 Å². The number of hydrogen-bond acceptors (Lipinski definition) is 7. The number of imide groups is 2. The van der Waals surface area contributed by atoms with Gasteiger partial charge in [-0.15, -0.1) is 23.2 Å². The molecule has 0 aromatic heterocycles. The molecule has 3 fully saturated rings. The van der Waals surface area contributed by atoms with Gasteiger partial charge in [-0.3, -0.25) is 24.1 Å². The summed E-state index contributed by atoms with van der Waals surface area (Å²) >= 11 is 17.8. The topological polar surface area (TPSA) is 153 Å². The Balaban J connectivity index is 1.41. The Kier molecular flexibility index (Phi) is 6.64. The molecule has 4 amide bonds. The number of hydrogen-bond donors (Lipinski definition) is 3. The van der Waals surface area contributed by atoms with Crippen LogP contribution in [0.15, 0.2) is 66.2 Å². The van der Waals surface area contributed by atoms with Crippen molar-refractivity contribution >= 4 is 85.2 Å². The lowest BCUT2D eigenvalue weighted by Crippen LogP contribution is -2.60. The van der Waals surface area contributed by atoms with Crippen LogP contribution in [-0.4, -0.2) is 65.0 Å². The van der Waals surface area contributed by atoms with Gasteiger partial charge in [-0.25, -0.2) is 9.69 Å². The van der Waals surface area contributed by atoms with Gasteiger partial charge in [-0.2, -0.15) is 0 Å². The minimum absolute atomic E-state index is 0.000411. The number of fused-ring (bicyclic) bond motifs is 5. The lowest BCUT2D eigenvalue weighted by atomic mass is 9.56. The van der Waals surface area contributed by atoms with E-state index in [9.17, 15) is 39.3 Å². The quantitative estimate of drug-likeness (QED) is 0.150. The van der Waals surface area contributed by atoms with Crippen molar-refractivity contribution in [2.24, 2.45) is 17.8 Å². The zero-order valence-electron chi connectivity index (χ0n) is 23.1. The van der Waals surface area contributed by atoms with E-state index < -0.39 is 74.3 Å². The van der Waals surface area contributed by atoms with Gasteiger partial charge in [-0.1, -0.05) is 57.9 Å². The maximum atomic E-state index is 14.2. The second-order valence-electron chi connectivity index (χ2n) is 11.7. The van der Waals surface area contributed by atoms with Gasteiger partial charge in [0.2, 0.25) is 11.8 Å². The fraction of sp³-hybridized carbons (Fsp3) is 0.281. The third-order valence-electron chi connectivity index (χ3n) is 9.73. The van der Waals surface area contributed by atoms with Gasteiger partial charge in [0.15, 0.2) is 9.75 Å². The van der Waals surface area contributed by atoms with E-state index in [0.717, 1.165) is 21.9 Å². The molecule has 3 aromatic rings. The first-order valence-corrected chi connectivity index (χ1v) is 15.9. The molecule has 6 unspecified atom stereocenters. The van der Waals surface area contributed by atoms with Crippen molar-refractivity contribution in [2.75, 3.05) is 10.4 Å². The number of allylic oxidation sites excluding steroid dienone is 2. The Morgan fingerprint density at radius 1 is 0.911 bits per heavy atom. The number of aromatic carboxylic acids is 1. The van der Waals surface area contributed by atoms with E-state index in [1.54, 1.807) is 36.4 Å². The van der Waals surface area contributed by atoms with Crippen molar-refractivity contribution in [3.63, 3.8) is 0 Å². The van der Waals surface area contributed by atoms with E-state index in [4.69, 9.17) is 23.2 Å². The number of carboxylic acid groups (broad SMARTS) is 1. The number of carboxylic acids is 1. The number of phenolic OH excluding ortho intramolecular Hbond substituents is 1. The highest BCUT2D eigenvalue weighted by atomic mass is 79.9. The van der Waals surface area contributed by atoms with Gasteiger partial charge in [0, 0.05) is 17.4 Å². The number of nitrogens with zero attached hydrogens (tertiary/aromatic N) is 2. The summed E-state index contributed by atoms with van der Waals surface area (Å²) in [5.74, 6) is -8.18. The summed E-state index contributed by atoms with van der Waals surface area (Å²) in [6.07, 6.45) is 1.71. The molecule has 0 bridgehead atoms. The highest BCUT2D eigenvalue weighted by Crippen LogP contribution is 2.66. The lowest BCUT2D eigenvalue weighted by molar-refractivity contribution is -0.138. The smallest absolute Gasteiger partial charge is 0.339 e. The summed E-state index contributed by atoms with van der Waals surface area (Å²) in [4.78, 5) is 65.2. The number of likely N-dealkylation sites (tertiary alicyclic amines) is 1. The standard InChI is InChI=1S/C32H23BrCl2N2O8/c33-13-36-29(44)31(34)12-21-18(25(32(31,35)30(36)45)17-9-10-22(38)16-4-2-1-3-15(16)17)7-8-20-24(21)27(41)37(26(20)40)14-5-6-19(28(42)43)23(39)11-14/h1-7,9-11,20-21,24-25,38-39H,8,12-13H2,(H,42,43). The van der Waals surface area contributed by atoms with Crippen LogP contribution in [0.2, 0.25) is 0 Å². The average molecular weight is 714 g/mol. The Hall–Kier alpha value is -3.93. The molecular weight excluding hydrogens is 691 g/mol. The predicted molar refractivity (Wildman–Crippen MR) is 167 cm³/mol. The van der Waals surface area contributed by atoms with E-state index in [-0.39, 0.29) is 29.7 Å². The number of benzene rings is 3. The molecule has 0 radical (unpaired) electrons. The van der Waals surface area contributed by atoms with E-state index in [2.05, 4.69) is 15.9 Å². The first-order valence-electron chi connectivity index (χ1n) is 14.0. The molecule has 7 rings (SSSR count). The SMILES string of the molecule is O=C(O)c1ccc(N2C(=O)C3CC=C4C(CC5(Cl)C(=O)N(CBr)C(=O)C5(Cl)C4c4ccc(O)c5ccccc45)C3C2=O)cc1O. The molecule has 4 aliphatic rings. The van der Waals surface area contributed by atoms with Gasteiger partial charge in [0.25, 0.3) is 11.8 Å². The van der Waals surface area contributed by atoms with Crippen LogP contribution in [0, 0.1) is 17.8 Å². The second-order valence-corrected chi connectivity index (χ2v) is 13.5. The Morgan fingerprint density at radius 3 is 2.29 bits per heavy atom.